The van der Waals surface area contributed by atoms with Gasteiger partial charge in [0.05, 0.1) is 0 Å². The molecule has 1 heteroatoms. The predicted octanol–water partition coefficient (Wildman–Crippen LogP) is 2.90. The summed E-state index contributed by atoms with van der Waals surface area (Å²) in [6, 6.07) is 0.535. The Hall–Kier alpha value is -0.0400. The molecule has 0 radical (unpaired) electrons. The summed E-state index contributed by atoms with van der Waals surface area (Å²) >= 11 is 0. The van der Waals surface area contributed by atoms with Crippen molar-refractivity contribution < 1.29 is 0 Å². The van der Waals surface area contributed by atoms with E-state index in [0.717, 1.165) is 52.3 Å². The fourth-order valence-electron chi connectivity index (χ4n) is 11.0. The van der Waals surface area contributed by atoms with E-state index < -0.39 is 0 Å². The summed E-state index contributed by atoms with van der Waals surface area (Å²) < 4.78 is 0. The molecule has 7 aliphatic carbocycles. The number of fused-ring (bicyclic) bond motifs is 3. The highest BCUT2D eigenvalue weighted by Gasteiger charge is 3.03. The van der Waals surface area contributed by atoms with E-state index in [0.29, 0.717) is 16.9 Å². The zero-order valence-electron chi connectivity index (χ0n) is 12.3. The van der Waals surface area contributed by atoms with Crippen LogP contribution in [0, 0.1) is 63.1 Å². The van der Waals surface area contributed by atoms with Crippen molar-refractivity contribution in [2.75, 3.05) is 0 Å². The Bertz CT molecular complexity index is 584. The van der Waals surface area contributed by atoms with E-state index in [1.54, 1.807) is 12.8 Å². The molecular weight excluding hydrogens is 230 g/mol. The quantitative estimate of drug-likeness (QED) is 0.707. The maximum atomic E-state index is 6.92. The van der Waals surface area contributed by atoms with Gasteiger partial charge in [-0.25, -0.2) is 0 Å². The molecule has 7 rings (SSSR count). The Morgan fingerprint density at radius 1 is 1.05 bits per heavy atom. The Kier molecular flexibility index (Phi) is 1.03. The van der Waals surface area contributed by atoms with Crippen molar-refractivity contribution in [3.8, 4) is 0 Å². The van der Waals surface area contributed by atoms with E-state index in [-0.39, 0.29) is 0 Å². The summed E-state index contributed by atoms with van der Waals surface area (Å²) in [4.78, 5) is 0. The van der Waals surface area contributed by atoms with Crippen LogP contribution in [0.3, 0.4) is 0 Å². The van der Waals surface area contributed by atoms with Gasteiger partial charge in [0.15, 0.2) is 0 Å². The van der Waals surface area contributed by atoms with Gasteiger partial charge in [0.1, 0.15) is 0 Å². The number of hydrogen-bond acceptors (Lipinski definition) is 1. The summed E-state index contributed by atoms with van der Waals surface area (Å²) in [7, 11) is 0. The topological polar surface area (TPSA) is 26.0 Å². The second kappa shape index (κ2) is 1.99. The minimum absolute atomic E-state index is 0.535. The van der Waals surface area contributed by atoms with Crippen LogP contribution in [0.5, 0.6) is 0 Å². The summed E-state index contributed by atoms with van der Waals surface area (Å²) in [5.41, 5.74) is 9.71. The van der Waals surface area contributed by atoms with Gasteiger partial charge < -0.3 is 5.73 Å². The minimum atomic E-state index is 0.535. The van der Waals surface area contributed by atoms with E-state index in [4.69, 9.17) is 5.73 Å². The molecule has 0 aromatic heterocycles. The monoisotopic (exact) mass is 255 g/mol. The van der Waals surface area contributed by atoms with Gasteiger partial charge in [0.2, 0.25) is 0 Å². The van der Waals surface area contributed by atoms with E-state index in [9.17, 15) is 0 Å². The lowest BCUT2D eigenvalue weighted by Gasteiger charge is -2.87. The first-order chi connectivity index (χ1) is 8.97. The van der Waals surface area contributed by atoms with Gasteiger partial charge in [0.25, 0.3) is 0 Å². The molecule has 7 fully saturated rings. The lowest BCUT2D eigenvalue weighted by atomic mass is 9.17. The van der Waals surface area contributed by atoms with Gasteiger partial charge in [-0.05, 0) is 82.3 Å². The second-order valence-electron chi connectivity index (χ2n) is 10.1. The summed E-state index contributed by atoms with van der Waals surface area (Å²) in [6.07, 6.45) is 4.68. The van der Waals surface area contributed by atoms with Crippen LogP contribution in [0.15, 0.2) is 0 Å². The van der Waals surface area contributed by atoms with Crippen molar-refractivity contribution in [1.29, 1.82) is 0 Å². The molecule has 0 amide bonds. The zero-order chi connectivity index (χ0) is 12.7. The SMILES string of the molecule is CC1C(N)C23CC4C5CC(C6C7CC1(C)C762)C5(C)C43. The Morgan fingerprint density at radius 3 is 2.63 bits per heavy atom. The predicted molar refractivity (Wildman–Crippen MR) is 73.0 cm³/mol. The third-order valence-electron chi connectivity index (χ3n) is 11.2. The average molecular weight is 255 g/mol. The second-order valence-corrected chi connectivity index (χ2v) is 10.1. The first-order valence-corrected chi connectivity index (χ1v) is 8.73. The van der Waals surface area contributed by atoms with Crippen LogP contribution in [0.1, 0.15) is 40.0 Å². The Morgan fingerprint density at radius 2 is 1.84 bits per heavy atom. The van der Waals surface area contributed by atoms with E-state index in [1.165, 1.54) is 6.42 Å². The fraction of sp³-hybridized carbons (Fsp3) is 1.00. The van der Waals surface area contributed by atoms with Crippen molar-refractivity contribution in [2.24, 2.45) is 68.8 Å². The fourth-order valence-corrected chi connectivity index (χ4v) is 11.0. The highest BCUT2D eigenvalue weighted by atomic mass is 15.1. The molecule has 0 bridgehead atoms. The molecule has 2 N–H and O–H groups in total. The van der Waals surface area contributed by atoms with E-state index in [1.807, 2.05) is 0 Å². The number of nitrogens with two attached hydrogens (primary N) is 1. The molecule has 19 heavy (non-hydrogen) atoms. The molecule has 1 nitrogen and oxygen atoms in total. The number of hydrogen-bond donors (Lipinski definition) is 1. The van der Waals surface area contributed by atoms with Crippen molar-refractivity contribution in [3.63, 3.8) is 0 Å². The van der Waals surface area contributed by atoms with Gasteiger partial charge in [-0.15, -0.1) is 0 Å². The standard InChI is InChI=1S/C18H25N/c1-7-14(19)17-5-8-9-4-10(16(9,3)13(8)17)12-11-6-15(7,2)18(11,12)17/h7-14H,4-6,19H2,1-3H3. The van der Waals surface area contributed by atoms with Crippen LogP contribution >= 0.6 is 0 Å². The first-order valence-electron chi connectivity index (χ1n) is 8.73. The van der Waals surface area contributed by atoms with Gasteiger partial charge in [0, 0.05) is 6.04 Å². The van der Waals surface area contributed by atoms with E-state index >= 15 is 0 Å². The van der Waals surface area contributed by atoms with Crippen molar-refractivity contribution >= 4 is 0 Å². The van der Waals surface area contributed by atoms with E-state index in [2.05, 4.69) is 20.8 Å². The lowest BCUT2D eigenvalue weighted by molar-refractivity contribution is -0.395. The van der Waals surface area contributed by atoms with Gasteiger partial charge in [-0.3, -0.25) is 0 Å². The van der Waals surface area contributed by atoms with Crippen LogP contribution in [-0.2, 0) is 0 Å². The molecule has 7 aliphatic rings. The Labute approximate surface area is 115 Å². The molecule has 12 unspecified atom stereocenters. The molecule has 0 aromatic rings. The molecule has 102 valence electrons. The van der Waals surface area contributed by atoms with Crippen LogP contribution in [0.4, 0.5) is 0 Å². The maximum Gasteiger partial charge on any atom is 0.0136 e. The summed E-state index contributed by atoms with van der Waals surface area (Å²) in [5, 5.41) is 0. The highest BCUT2D eigenvalue weighted by molar-refractivity contribution is 5.51. The maximum absolute atomic E-state index is 6.92. The minimum Gasteiger partial charge on any atom is -0.327 e. The molecule has 0 saturated heterocycles. The van der Waals surface area contributed by atoms with Crippen LogP contribution < -0.4 is 5.73 Å². The highest BCUT2D eigenvalue weighted by Crippen LogP contribution is 3.06. The normalized spacial score (nSPS) is 90.3. The number of rotatable bonds is 0. The third-order valence-corrected chi connectivity index (χ3v) is 11.2. The van der Waals surface area contributed by atoms with Crippen LogP contribution in [0.25, 0.3) is 0 Å². The summed E-state index contributed by atoms with van der Waals surface area (Å²) in [5.74, 6) is 7.44. The van der Waals surface area contributed by atoms with Crippen molar-refractivity contribution in [2.45, 2.75) is 46.1 Å². The van der Waals surface area contributed by atoms with Gasteiger partial charge >= 0.3 is 0 Å². The molecule has 0 aliphatic heterocycles. The Balaban J connectivity index is 1.56. The third kappa shape index (κ3) is 0.477. The smallest absolute Gasteiger partial charge is 0.0136 e. The molecule has 2 spiro atoms. The molecular formula is C18H25N. The zero-order valence-corrected chi connectivity index (χ0v) is 12.3. The van der Waals surface area contributed by atoms with Crippen molar-refractivity contribution in [3.05, 3.63) is 0 Å². The largest absolute Gasteiger partial charge is 0.327 e. The molecule has 0 aromatic carbocycles. The summed E-state index contributed by atoms with van der Waals surface area (Å²) in [6.45, 7) is 7.81. The molecule has 0 heterocycles. The van der Waals surface area contributed by atoms with Gasteiger partial charge in [-0.1, -0.05) is 20.8 Å². The first kappa shape index (κ1) is 9.82. The van der Waals surface area contributed by atoms with Crippen LogP contribution in [-0.4, -0.2) is 6.04 Å². The average Bonchev–Trinajstić information content (AvgIpc) is 2.82. The molecule has 7 saturated carbocycles. The lowest BCUT2D eigenvalue weighted by Crippen LogP contribution is -2.84. The molecule has 12 atom stereocenters. The van der Waals surface area contributed by atoms with Crippen LogP contribution in [0.2, 0.25) is 0 Å². The van der Waals surface area contributed by atoms with Gasteiger partial charge in [-0.2, -0.15) is 0 Å². The van der Waals surface area contributed by atoms with Crippen molar-refractivity contribution in [1.82, 2.24) is 0 Å².